The zero-order chi connectivity index (χ0) is 15.4. The van der Waals surface area contributed by atoms with E-state index in [1.807, 2.05) is 0 Å². The molecule has 1 fully saturated rings. The van der Waals surface area contributed by atoms with Crippen molar-refractivity contribution in [3.05, 3.63) is 10.4 Å². The Morgan fingerprint density at radius 1 is 1.60 bits per heavy atom. The maximum atomic E-state index is 13.9. The monoisotopic (exact) mass is 292 g/mol. The van der Waals surface area contributed by atoms with Gasteiger partial charge in [0.05, 0.1) is 19.7 Å². The summed E-state index contributed by atoms with van der Waals surface area (Å²) in [6, 6.07) is 0. The summed E-state index contributed by atoms with van der Waals surface area (Å²) in [5.41, 5.74) is 7.42. The SMILES string of the molecule is CC(C)(C)OC(=O)N1CCOC(CN=[N+]=[N-])C(F)(F)C1. The van der Waals surface area contributed by atoms with Crippen LogP contribution in [0.15, 0.2) is 5.11 Å². The van der Waals surface area contributed by atoms with Gasteiger partial charge in [-0.05, 0) is 26.3 Å². The molecule has 0 aromatic carbocycles. The van der Waals surface area contributed by atoms with Gasteiger partial charge < -0.3 is 9.47 Å². The fourth-order valence-electron chi connectivity index (χ4n) is 1.64. The van der Waals surface area contributed by atoms with Crippen LogP contribution >= 0.6 is 0 Å². The molecule has 1 aliphatic heterocycles. The standard InChI is InChI=1S/C11H18F2N4O3/c1-10(2,3)20-9(18)17-4-5-19-8(6-15-16-14)11(12,13)7-17/h8H,4-7H2,1-3H3. The molecule has 1 heterocycles. The average molecular weight is 292 g/mol. The lowest BCUT2D eigenvalue weighted by molar-refractivity contribution is -0.121. The second kappa shape index (κ2) is 6.23. The van der Waals surface area contributed by atoms with Gasteiger partial charge in [-0.15, -0.1) is 0 Å². The summed E-state index contributed by atoms with van der Waals surface area (Å²) >= 11 is 0. The molecule has 1 amide bonds. The summed E-state index contributed by atoms with van der Waals surface area (Å²) in [6.45, 7) is 3.59. The molecule has 0 saturated carbocycles. The first kappa shape index (κ1) is 16.5. The first-order valence-electron chi connectivity index (χ1n) is 6.14. The lowest BCUT2D eigenvalue weighted by atomic mass is 10.2. The van der Waals surface area contributed by atoms with Crippen molar-refractivity contribution in [1.82, 2.24) is 4.90 Å². The van der Waals surface area contributed by atoms with Gasteiger partial charge in [-0.25, -0.2) is 13.6 Å². The summed E-state index contributed by atoms with van der Waals surface area (Å²) in [4.78, 5) is 15.1. The minimum Gasteiger partial charge on any atom is -0.444 e. The van der Waals surface area contributed by atoms with E-state index >= 15 is 0 Å². The first-order chi connectivity index (χ1) is 9.15. The van der Waals surface area contributed by atoms with E-state index in [0.717, 1.165) is 4.90 Å². The minimum atomic E-state index is -3.30. The Bertz CT molecular complexity index is 405. The Balaban J connectivity index is 2.75. The second-order valence-electron chi connectivity index (χ2n) is 5.44. The maximum Gasteiger partial charge on any atom is 0.410 e. The number of ether oxygens (including phenoxy) is 2. The van der Waals surface area contributed by atoms with Gasteiger partial charge in [-0.2, -0.15) is 0 Å². The van der Waals surface area contributed by atoms with Crippen molar-refractivity contribution >= 4 is 6.09 Å². The van der Waals surface area contributed by atoms with Crippen molar-refractivity contribution in [2.45, 2.75) is 38.4 Å². The summed E-state index contributed by atoms with van der Waals surface area (Å²) in [5.74, 6) is -3.30. The third-order valence-corrected chi connectivity index (χ3v) is 2.52. The highest BCUT2D eigenvalue weighted by Gasteiger charge is 2.45. The molecule has 114 valence electrons. The molecule has 7 nitrogen and oxygen atoms in total. The fraction of sp³-hybridized carbons (Fsp3) is 0.909. The molecule has 0 aromatic heterocycles. The minimum absolute atomic E-state index is 0.00271. The summed E-state index contributed by atoms with van der Waals surface area (Å²) in [6.07, 6.45) is -2.35. The number of nitrogens with zero attached hydrogens (tertiary/aromatic N) is 4. The van der Waals surface area contributed by atoms with E-state index in [1.54, 1.807) is 20.8 Å². The summed E-state index contributed by atoms with van der Waals surface area (Å²) < 4.78 is 37.9. The number of alkyl halides is 2. The van der Waals surface area contributed by atoms with E-state index in [4.69, 9.17) is 15.0 Å². The van der Waals surface area contributed by atoms with Crippen LogP contribution in [-0.2, 0) is 9.47 Å². The quantitative estimate of drug-likeness (QED) is 0.445. The number of hydrogen-bond donors (Lipinski definition) is 0. The number of azide groups is 1. The Kier molecular flexibility index (Phi) is 5.13. The smallest absolute Gasteiger partial charge is 0.410 e. The molecule has 0 N–H and O–H groups in total. The Morgan fingerprint density at radius 2 is 2.25 bits per heavy atom. The maximum absolute atomic E-state index is 13.9. The lowest BCUT2D eigenvalue weighted by Gasteiger charge is -2.28. The first-order valence-corrected chi connectivity index (χ1v) is 6.14. The zero-order valence-corrected chi connectivity index (χ0v) is 11.7. The molecule has 1 saturated heterocycles. The average Bonchev–Trinajstić information content (AvgIpc) is 2.43. The van der Waals surface area contributed by atoms with E-state index in [1.165, 1.54) is 0 Å². The number of hydrogen-bond acceptors (Lipinski definition) is 4. The van der Waals surface area contributed by atoms with Crippen LogP contribution in [0.2, 0.25) is 0 Å². The third-order valence-electron chi connectivity index (χ3n) is 2.52. The van der Waals surface area contributed by atoms with Gasteiger partial charge in [0.25, 0.3) is 5.92 Å². The van der Waals surface area contributed by atoms with Crippen molar-refractivity contribution in [1.29, 1.82) is 0 Å². The largest absolute Gasteiger partial charge is 0.444 e. The second-order valence-corrected chi connectivity index (χ2v) is 5.44. The molecule has 1 aliphatic rings. The van der Waals surface area contributed by atoms with Gasteiger partial charge in [0.1, 0.15) is 11.7 Å². The van der Waals surface area contributed by atoms with Crippen molar-refractivity contribution < 1.29 is 23.0 Å². The van der Waals surface area contributed by atoms with Crippen LogP contribution in [0, 0.1) is 0 Å². The molecule has 1 atom stereocenters. The van der Waals surface area contributed by atoms with Crippen LogP contribution in [0.25, 0.3) is 10.4 Å². The number of carbonyl (C=O) groups is 1. The molecule has 0 bridgehead atoms. The van der Waals surface area contributed by atoms with Gasteiger partial charge in [0.2, 0.25) is 0 Å². The van der Waals surface area contributed by atoms with Crippen LogP contribution in [-0.4, -0.2) is 54.9 Å². The molecule has 0 aliphatic carbocycles. The highest BCUT2D eigenvalue weighted by Crippen LogP contribution is 2.26. The number of carbonyl (C=O) groups excluding carboxylic acids is 1. The third kappa shape index (κ3) is 4.82. The van der Waals surface area contributed by atoms with E-state index in [0.29, 0.717) is 0 Å². The van der Waals surface area contributed by atoms with Gasteiger partial charge in [0.15, 0.2) is 0 Å². The molecule has 0 aromatic rings. The molecule has 9 heteroatoms. The number of rotatable bonds is 2. The van der Waals surface area contributed by atoms with Crippen molar-refractivity contribution in [2.75, 3.05) is 26.2 Å². The van der Waals surface area contributed by atoms with Crippen LogP contribution in [0.4, 0.5) is 13.6 Å². The molecular formula is C11H18F2N4O3. The van der Waals surface area contributed by atoms with Gasteiger partial charge in [-0.1, -0.05) is 5.11 Å². The van der Waals surface area contributed by atoms with Crippen LogP contribution in [0.5, 0.6) is 0 Å². The van der Waals surface area contributed by atoms with Gasteiger partial charge in [0, 0.05) is 11.5 Å². The molecular weight excluding hydrogens is 274 g/mol. The van der Waals surface area contributed by atoms with E-state index in [-0.39, 0.29) is 13.2 Å². The predicted octanol–water partition coefficient (Wildman–Crippen LogP) is 2.57. The fourth-order valence-corrected chi connectivity index (χ4v) is 1.64. The number of amides is 1. The molecule has 1 unspecified atom stereocenters. The van der Waals surface area contributed by atoms with Crippen LogP contribution in [0.3, 0.4) is 0 Å². The molecule has 0 radical (unpaired) electrons. The van der Waals surface area contributed by atoms with Crippen molar-refractivity contribution in [3.63, 3.8) is 0 Å². The van der Waals surface area contributed by atoms with Crippen LogP contribution in [0.1, 0.15) is 20.8 Å². The highest BCUT2D eigenvalue weighted by molar-refractivity contribution is 5.68. The normalized spacial score (nSPS) is 22.6. The van der Waals surface area contributed by atoms with E-state index in [2.05, 4.69) is 10.0 Å². The van der Waals surface area contributed by atoms with Gasteiger partial charge in [-0.3, -0.25) is 4.90 Å². The predicted molar refractivity (Wildman–Crippen MR) is 66.5 cm³/mol. The number of halogens is 2. The van der Waals surface area contributed by atoms with Crippen molar-refractivity contribution in [3.8, 4) is 0 Å². The van der Waals surface area contributed by atoms with Crippen molar-refractivity contribution in [2.24, 2.45) is 5.11 Å². The Labute approximate surface area is 115 Å². The molecule has 1 rings (SSSR count). The van der Waals surface area contributed by atoms with E-state index in [9.17, 15) is 13.6 Å². The Hall–Kier alpha value is -1.60. The summed E-state index contributed by atoms with van der Waals surface area (Å²) in [7, 11) is 0. The van der Waals surface area contributed by atoms with Crippen LogP contribution < -0.4 is 0 Å². The van der Waals surface area contributed by atoms with E-state index < -0.39 is 36.8 Å². The zero-order valence-electron chi connectivity index (χ0n) is 11.7. The van der Waals surface area contributed by atoms with Gasteiger partial charge >= 0.3 is 6.09 Å². The Morgan fingerprint density at radius 3 is 2.80 bits per heavy atom. The highest BCUT2D eigenvalue weighted by atomic mass is 19.3. The topological polar surface area (TPSA) is 87.5 Å². The molecule has 20 heavy (non-hydrogen) atoms. The summed E-state index contributed by atoms with van der Waals surface area (Å²) in [5, 5.41) is 3.10. The lowest BCUT2D eigenvalue weighted by Crippen LogP contribution is -2.47. The molecule has 0 spiro atoms.